The first kappa shape index (κ1) is 9.32. The van der Waals surface area contributed by atoms with Crippen molar-refractivity contribution < 1.29 is 14.3 Å². The molecule has 0 N–H and O–H groups in total. The standard InChI is InChI=1S/C8H15NO3/c1-3-7-6-9(4-5-12-7)8(10)11-2/h7H,3-6H2,1-2H3. The lowest BCUT2D eigenvalue weighted by Gasteiger charge is -2.31. The van der Waals surface area contributed by atoms with Crippen LogP contribution < -0.4 is 0 Å². The monoisotopic (exact) mass is 173 g/mol. The number of rotatable bonds is 1. The van der Waals surface area contributed by atoms with Crippen molar-refractivity contribution in [3.63, 3.8) is 0 Å². The number of amides is 1. The maximum absolute atomic E-state index is 11.1. The van der Waals surface area contributed by atoms with Gasteiger partial charge in [-0.05, 0) is 6.42 Å². The molecule has 0 aromatic rings. The molecule has 0 aromatic carbocycles. The van der Waals surface area contributed by atoms with E-state index in [0.717, 1.165) is 6.42 Å². The van der Waals surface area contributed by atoms with Crippen LogP contribution in [0.4, 0.5) is 4.79 Å². The minimum absolute atomic E-state index is 0.179. The molecule has 1 unspecified atom stereocenters. The van der Waals surface area contributed by atoms with Crippen molar-refractivity contribution in [2.75, 3.05) is 26.8 Å². The second-order valence-corrected chi connectivity index (χ2v) is 2.82. The molecule has 0 saturated carbocycles. The van der Waals surface area contributed by atoms with Crippen LogP contribution in [-0.2, 0) is 9.47 Å². The summed E-state index contributed by atoms with van der Waals surface area (Å²) in [6.45, 7) is 3.96. The fraction of sp³-hybridized carbons (Fsp3) is 0.875. The number of morpholine rings is 1. The Labute approximate surface area is 72.4 Å². The van der Waals surface area contributed by atoms with Gasteiger partial charge in [-0.1, -0.05) is 6.92 Å². The molecule has 1 aliphatic heterocycles. The van der Waals surface area contributed by atoms with Gasteiger partial charge in [-0.25, -0.2) is 4.79 Å². The van der Waals surface area contributed by atoms with Gasteiger partial charge in [0.2, 0.25) is 0 Å². The molecular weight excluding hydrogens is 158 g/mol. The third kappa shape index (κ3) is 2.11. The molecule has 0 aromatic heterocycles. The Bertz CT molecular complexity index is 160. The van der Waals surface area contributed by atoms with Gasteiger partial charge in [0.05, 0.1) is 26.4 Å². The van der Waals surface area contributed by atoms with Crippen LogP contribution in [0.5, 0.6) is 0 Å². The number of ether oxygens (including phenoxy) is 2. The summed E-state index contributed by atoms with van der Waals surface area (Å²) in [6.07, 6.45) is 0.864. The lowest BCUT2D eigenvalue weighted by Crippen LogP contribution is -2.45. The number of nitrogens with zero attached hydrogens (tertiary/aromatic N) is 1. The summed E-state index contributed by atoms with van der Waals surface area (Å²) in [7, 11) is 1.40. The predicted octanol–water partition coefficient (Wildman–Crippen LogP) is 0.864. The van der Waals surface area contributed by atoms with E-state index in [2.05, 4.69) is 4.74 Å². The molecule has 1 heterocycles. The number of methoxy groups -OCH3 is 1. The van der Waals surface area contributed by atoms with E-state index in [0.29, 0.717) is 19.7 Å². The number of hydrogen-bond donors (Lipinski definition) is 0. The fourth-order valence-corrected chi connectivity index (χ4v) is 1.26. The normalized spacial score (nSPS) is 23.8. The third-order valence-electron chi connectivity index (χ3n) is 2.03. The molecule has 4 nitrogen and oxygen atoms in total. The Morgan fingerprint density at radius 3 is 3.08 bits per heavy atom. The van der Waals surface area contributed by atoms with Crippen LogP contribution in [0, 0.1) is 0 Å². The molecule has 1 rings (SSSR count). The quantitative estimate of drug-likeness (QED) is 0.590. The molecule has 4 heteroatoms. The Morgan fingerprint density at radius 1 is 1.75 bits per heavy atom. The molecule has 70 valence electrons. The first-order chi connectivity index (χ1) is 5.77. The predicted molar refractivity (Wildman–Crippen MR) is 44.0 cm³/mol. The summed E-state index contributed by atoms with van der Waals surface area (Å²) < 4.78 is 10.0. The molecule has 1 amide bonds. The smallest absolute Gasteiger partial charge is 0.409 e. The Kier molecular flexibility index (Phi) is 3.34. The van der Waals surface area contributed by atoms with Crippen LogP contribution in [0.1, 0.15) is 13.3 Å². The van der Waals surface area contributed by atoms with Gasteiger partial charge in [-0.15, -0.1) is 0 Å². The Morgan fingerprint density at radius 2 is 2.50 bits per heavy atom. The van der Waals surface area contributed by atoms with Crippen LogP contribution in [0.25, 0.3) is 0 Å². The van der Waals surface area contributed by atoms with Crippen molar-refractivity contribution in [2.24, 2.45) is 0 Å². The molecule has 0 spiro atoms. The number of carbonyl (C=O) groups excluding carboxylic acids is 1. The minimum atomic E-state index is -0.253. The van der Waals surface area contributed by atoms with E-state index in [1.165, 1.54) is 7.11 Å². The number of hydrogen-bond acceptors (Lipinski definition) is 3. The van der Waals surface area contributed by atoms with E-state index in [1.54, 1.807) is 4.90 Å². The molecular formula is C8H15NO3. The van der Waals surface area contributed by atoms with Crippen molar-refractivity contribution in [3.8, 4) is 0 Å². The van der Waals surface area contributed by atoms with E-state index in [-0.39, 0.29) is 12.2 Å². The topological polar surface area (TPSA) is 38.8 Å². The molecule has 1 fully saturated rings. The van der Waals surface area contributed by atoms with Crippen molar-refractivity contribution in [1.82, 2.24) is 4.90 Å². The highest BCUT2D eigenvalue weighted by molar-refractivity contribution is 5.67. The van der Waals surface area contributed by atoms with Crippen molar-refractivity contribution in [1.29, 1.82) is 0 Å². The molecule has 1 saturated heterocycles. The Hall–Kier alpha value is -0.770. The second-order valence-electron chi connectivity index (χ2n) is 2.82. The fourth-order valence-electron chi connectivity index (χ4n) is 1.26. The molecule has 1 atom stereocenters. The highest BCUT2D eigenvalue weighted by Crippen LogP contribution is 2.08. The first-order valence-corrected chi connectivity index (χ1v) is 4.22. The van der Waals surface area contributed by atoms with Crippen LogP contribution in [-0.4, -0.2) is 43.9 Å². The van der Waals surface area contributed by atoms with Gasteiger partial charge < -0.3 is 14.4 Å². The molecule has 1 aliphatic rings. The third-order valence-corrected chi connectivity index (χ3v) is 2.03. The molecule has 12 heavy (non-hydrogen) atoms. The molecule has 0 bridgehead atoms. The van der Waals surface area contributed by atoms with Crippen LogP contribution >= 0.6 is 0 Å². The van der Waals surface area contributed by atoms with Crippen LogP contribution in [0.2, 0.25) is 0 Å². The second kappa shape index (κ2) is 4.30. The minimum Gasteiger partial charge on any atom is -0.453 e. The SMILES string of the molecule is CCC1CN(C(=O)OC)CCO1. The molecule has 0 aliphatic carbocycles. The maximum Gasteiger partial charge on any atom is 0.409 e. The lowest BCUT2D eigenvalue weighted by atomic mass is 10.2. The van der Waals surface area contributed by atoms with Crippen LogP contribution in [0.15, 0.2) is 0 Å². The lowest BCUT2D eigenvalue weighted by molar-refractivity contribution is -0.0255. The van der Waals surface area contributed by atoms with E-state index in [1.807, 2.05) is 6.92 Å². The van der Waals surface area contributed by atoms with E-state index in [9.17, 15) is 4.79 Å². The van der Waals surface area contributed by atoms with Gasteiger partial charge in [0.1, 0.15) is 0 Å². The van der Waals surface area contributed by atoms with Crippen LogP contribution in [0.3, 0.4) is 0 Å². The largest absolute Gasteiger partial charge is 0.453 e. The van der Waals surface area contributed by atoms with Crippen molar-refractivity contribution in [2.45, 2.75) is 19.4 Å². The zero-order chi connectivity index (χ0) is 8.97. The highest BCUT2D eigenvalue weighted by atomic mass is 16.5. The van der Waals surface area contributed by atoms with Gasteiger partial charge in [0.25, 0.3) is 0 Å². The Balaban J connectivity index is 2.40. The van der Waals surface area contributed by atoms with E-state index >= 15 is 0 Å². The maximum atomic E-state index is 11.1. The van der Waals surface area contributed by atoms with Gasteiger partial charge in [0, 0.05) is 6.54 Å². The summed E-state index contributed by atoms with van der Waals surface area (Å²) in [5.74, 6) is 0. The van der Waals surface area contributed by atoms with Gasteiger partial charge in [-0.2, -0.15) is 0 Å². The first-order valence-electron chi connectivity index (χ1n) is 4.22. The van der Waals surface area contributed by atoms with Gasteiger partial charge >= 0.3 is 6.09 Å². The zero-order valence-electron chi connectivity index (χ0n) is 7.58. The summed E-state index contributed by atoms with van der Waals surface area (Å²) in [6, 6.07) is 0. The van der Waals surface area contributed by atoms with Crippen molar-refractivity contribution >= 4 is 6.09 Å². The van der Waals surface area contributed by atoms with E-state index < -0.39 is 0 Å². The summed E-state index contributed by atoms with van der Waals surface area (Å²) in [5, 5.41) is 0. The van der Waals surface area contributed by atoms with Crippen molar-refractivity contribution in [3.05, 3.63) is 0 Å². The average Bonchev–Trinajstić information content (AvgIpc) is 2.17. The summed E-state index contributed by atoms with van der Waals surface area (Å²) >= 11 is 0. The summed E-state index contributed by atoms with van der Waals surface area (Å²) in [4.78, 5) is 12.8. The van der Waals surface area contributed by atoms with E-state index in [4.69, 9.17) is 4.74 Å². The summed E-state index contributed by atoms with van der Waals surface area (Å²) in [5.41, 5.74) is 0. The number of carbonyl (C=O) groups is 1. The highest BCUT2D eigenvalue weighted by Gasteiger charge is 2.22. The van der Waals surface area contributed by atoms with Gasteiger partial charge in [0.15, 0.2) is 0 Å². The zero-order valence-corrected chi connectivity index (χ0v) is 7.58. The van der Waals surface area contributed by atoms with Gasteiger partial charge in [-0.3, -0.25) is 0 Å². The molecule has 0 radical (unpaired) electrons. The average molecular weight is 173 g/mol.